The predicted octanol–water partition coefficient (Wildman–Crippen LogP) is -1.89. The van der Waals surface area contributed by atoms with Crippen molar-refractivity contribution < 1.29 is 19.3 Å². The van der Waals surface area contributed by atoms with Crippen molar-refractivity contribution in [2.24, 2.45) is 0 Å². The van der Waals surface area contributed by atoms with Crippen LogP contribution in [-0.2, 0) is 9.84 Å². The lowest BCUT2D eigenvalue weighted by Crippen LogP contribution is -2.66. The number of alkyl halides is 1. The third-order valence-corrected chi connectivity index (χ3v) is 5.65. The Hall–Kier alpha value is 0.350. The summed E-state index contributed by atoms with van der Waals surface area (Å²) in [6.07, 6.45) is -0.856. The molecule has 0 aromatic carbocycles. The Morgan fingerprint density at radius 3 is 2.20 bits per heavy atom. The van der Waals surface area contributed by atoms with Crippen LogP contribution in [0.1, 0.15) is 0 Å². The number of aliphatic hydroxyl groups excluding tert-OH is 1. The largest absolute Gasteiger partial charge is 0.385 e. The molecule has 0 spiro atoms. The van der Waals surface area contributed by atoms with Crippen molar-refractivity contribution in [3.8, 4) is 0 Å². The molecule has 1 fully saturated rings. The molecule has 60 valence electrons. The van der Waals surface area contributed by atoms with Crippen LogP contribution in [0, 0.1) is 0 Å². The van der Waals surface area contributed by atoms with Gasteiger partial charge in [0.2, 0.25) is 0 Å². The van der Waals surface area contributed by atoms with E-state index in [2.05, 4.69) is 21.7 Å². The van der Waals surface area contributed by atoms with E-state index in [4.69, 9.17) is 5.11 Å². The average molecular weight is 231 g/mol. The van der Waals surface area contributed by atoms with Crippen molar-refractivity contribution in [3.05, 3.63) is 0 Å². The third-order valence-electron chi connectivity index (χ3n) is 1.54. The standard InChI is InChI=1S/C4H8BrNO3S/c5-4-3(7)2(6)1-10(4,8)9/h2-4,7H,1,6H2/p+1/t2-,3-,4-/m1/s1. The summed E-state index contributed by atoms with van der Waals surface area (Å²) < 4.78 is 21.1. The van der Waals surface area contributed by atoms with Crippen molar-refractivity contribution in [3.63, 3.8) is 0 Å². The van der Waals surface area contributed by atoms with Crippen LogP contribution in [0.3, 0.4) is 0 Å². The van der Waals surface area contributed by atoms with Gasteiger partial charge in [-0.1, -0.05) is 15.9 Å². The van der Waals surface area contributed by atoms with Crippen molar-refractivity contribution in [2.45, 2.75) is 16.3 Å². The summed E-state index contributed by atoms with van der Waals surface area (Å²) in [6.45, 7) is 0. The van der Waals surface area contributed by atoms with Gasteiger partial charge in [-0.25, -0.2) is 8.42 Å². The minimum Gasteiger partial charge on any atom is -0.385 e. The highest BCUT2D eigenvalue weighted by molar-refractivity contribution is 9.11. The van der Waals surface area contributed by atoms with E-state index in [9.17, 15) is 8.42 Å². The second-order valence-electron chi connectivity index (χ2n) is 2.43. The van der Waals surface area contributed by atoms with E-state index in [0.29, 0.717) is 0 Å². The lowest BCUT2D eigenvalue weighted by atomic mass is 10.2. The zero-order chi connectivity index (χ0) is 7.94. The maximum absolute atomic E-state index is 10.9. The first-order chi connectivity index (χ1) is 4.45. The van der Waals surface area contributed by atoms with Gasteiger partial charge in [0.25, 0.3) is 0 Å². The fraction of sp³-hybridized carbons (Fsp3) is 1.00. The second-order valence-corrected chi connectivity index (χ2v) is 6.19. The molecule has 0 saturated carbocycles. The number of hydrogen-bond donors (Lipinski definition) is 2. The Kier molecular flexibility index (Phi) is 2.06. The minimum atomic E-state index is -3.12. The van der Waals surface area contributed by atoms with E-state index in [-0.39, 0.29) is 5.75 Å². The molecule has 0 unspecified atom stereocenters. The molecule has 6 heteroatoms. The Bertz CT molecular complexity index is 227. The molecule has 0 bridgehead atoms. The van der Waals surface area contributed by atoms with Gasteiger partial charge in [0.15, 0.2) is 9.84 Å². The van der Waals surface area contributed by atoms with Gasteiger partial charge in [-0.15, -0.1) is 0 Å². The van der Waals surface area contributed by atoms with Crippen molar-refractivity contribution >= 4 is 25.8 Å². The molecule has 1 rings (SSSR count). The Morgan fingerprint density at radius 1 is 1.60 bits per heavy atom. The summed E-state index contributed by atoms with van der Waals surface area (Å²) in [7, 11) is -3.12. The molecule has 0 aliphatic carbocycles. The molecule has 0 radical (unpaired) electrons. The second kappa shape index (κ2) is 2.44. The van der Waals surface area contributed by atoms with Crippen molar-refractivity contribution in [2.75, 3.05) is 5.75 Å². The van der Waals surface area contributed by atoms with E-state index in [1.54, 1.807) is 0 Å². The average Bonchev–Trinajstić information content (AvgIpc) is 1.95. The number of rotatable bonds is 0. The van der Waals surface area contributed by atoms with Crippen LogP contribution in [0.25, 0.3) is 0 Å². The highest BCUT2D eigenvalue weighted by Crippen LogP contribution is 2.23. The smallest absolute Gasteiger partial charge is 0.171 e. The topological polar surface area (TPSA) is 82.0 Å². The minimum absolute atomic E-state index is 0.0237. The van der Waals surface area contributed by atoms with Crippen LogP contribution in [-0.4, -0.2) is 35.6 Å². The van der Waals surface area contributed by atoms with E-state index >= 15 is 0 Å². The molecule has 3 atom stereocenters. The Balaban J connectivity index is 2.93. The molecule has 0 amide bonds. The summed E-state index contributed by atoms with van der Waals surface area (Å²) in [4.78, 5) is 0. The normalized spacial score (nSPS) is 45.7. The first kappa shape index (κ1) is 8.45. The highest BCUT2D eigenvalue weighted by atomic mass is 79.9. The van der Waals surface area contributed by atoms with Crippen LogP contribution in [0.4, 0.5) is 0 Å². The summed E-state index contributed by atoms with van der Waals surface area (Å²) in [5, 5.41) is 9.11. The zero-order valence-electron chi connectivity index (χ0n) is 5.20. The first-order valence-electron chi connectivity index (χ1n) is 2.82. The zero-order valence-corrected chi connectivity index (χ0v) is 7.60. The van der Waals surface area contributed by atoms with Gasteiger partial charge in [-0.05, 0) is 0 Å². The molecule has 1 heterocycles. The van der Waals surface area contributed by atoms with Gasteiger partial charge in [0.05, 0.1) is 0 Å². The first-order valence-corrected chi connectivity index (χ1v) is 5.45. The monoisotopic (exact) mass is 230 g/mol. The van der Waals surface area contributed by atoms with Gasteiger partial charge in [-0.2, -0.15) is 0 Å². The molecule has 1 aliphatic heterocycles. The van der Waals surface area contributed by atoms with Crippen LogP contribution < -0.4 is 5.73 Å². The molecule has 4 nitrogen and oxygen atoms in total. The lowest BCUT2D eigenvalue weighted by Gasteiger charge is -2.04. The van der Waals surface area contributed by atoms with E-state index in [0.717, 1.165) is 0 Å². The van der Waals surface area contributed by atoms with E-state index in [1.807, 2.05) is 0 Å². The van der Waals surface area contributed by atoms with Crippen LogP contribution in [0.5, 0.6) is 0 Å². The number of quaternary nitrogens is 1. The van der Waals surface area contributed by atoms with Gasteiger partial charge in [-0.3, -0.25) is 0 Å². The fourth-order valence-electron chi connectivity index (χ4n) is 0.915. The maximum Gasteiger partial charge on any atom is 0.171 e. The molecule has 0 aromatic rings. The number of hydrogen-bond acceptors (Lipinski definition) is 3. The van der Waals surface area contributed by atoms with Gasteiger partial charge >= 0.3 is 0 Å². The predicted molar refractivity (Wildman–Crippen MR) is 39.2 cm³/mol. The lowest BCUT2D eigenvalue weighted by molar-refractivity contribution is -0.426. The summed E-state index contributed by atoms with van der Waals surface area (Å²) >= 11 is 2.89. The molecule has 10 heavy (non-hydrogen) atoms. The van der Waals surface area contributed by atoms with Crippen LogP contribution in [0.2, 0.25) is 0 Å². The van der Waals surface area contributed by atoms with Crippen molar-refractivity contribution in [1.82, 2.24) is 0 Å². The van der Waals surface area contributed by atoms with Crippen molar-refractivity contribution in [1.29, 1.82) is 0 Å². The maximum atomic E-state index is 10.9. The molecule has 4 N–H and O–H groups in total. The van der Waals surface area contributed by atoms with E-state index < -0.39 is 26.1 Å². The number of sulfone groups is 1. The van der Waals surface area contributed by atoms with Gasteiger partial charge in [0, 0.05) is 0 Å². The molecule has 1 aliphatic rings. The van der Waals surface area contributed by atoms with Crippen LogP contribution >= 0.6 is 15.9 Å². The highest BCUT2D eigenvalue weighted by Gasteiger charge is 2.45. The Labute approximate surface area is 67.5 Å². The quantitative estimate of drug-likeness (QED) is 0.478. The summed E-state index contributed by atoms with van der Waals surface area (Å²) in [6, 6.07) is -0.394. The fourth-order valence-corrected chi connectivity index (χ4v) is 3.43. The molecular weight excluding hydrogens is 222 g/mol. The molecule has 1 saturated heterocycles. The van der Waals surface area contributed by atoms with Gasteiger partial charge < -0.3 is 10.8 Å². The van der Waals surface area contributed by atoms with E-state index in [1.165, 1.54) is 0 Å². The number of aliphatic hydroxyl groups is 1. The van der Waals surface area contributed by atoms with Gasteiger partial charge in [0.1, 0.15) is 22.1 Å². The number of halogens is 1. The van der Waals surface area contributed by atoms with Crippen LogP contribution in [0.15, 0.2) is 0 Å². The molecule has 0 aromatic heterocycles. The third kappa shape index (κ3) is 1.20. The summed E-state index contributed by atoms with van der Waals surface area (Å²) in [5.41, 5.74) is 3.51. The summed E-state index contributed by atoms with van der Waals surface area (Å²) in [5.74, 6) is -0.0237. The Morgan fingerprint density at radius 2 is 2.10 bits per heavy atom. The molecular formula is C4H9BrNO3S+. The SMILES string of the molecule is [NH3+][C@@H]1CS(=O)(=O)[C@@H](Br)[C@@H]1O.